The van der Waals surface area contributed by atoms with Gasteiger partial charge < -0.3 is 5.11 Å². The summed E-state index contributed by atoms with van der Waals surface area (Å²) in [6.45, 7) is 5.88. The lowest BCUT2D eigenvalue weighted by molar-refractivity contribution is 0.511. The summed E-state index contributed by atoms with van der Waals surface area (Å²) >= 11 is 0. The van der Waals surface area contributed by atoms with E-state index in [2.05, 4.69) is 6.07 Å². The average molecular weight is 162 g/mol. The number of aliphatic hydroxyl groups excluding tert-OH is 1. The summed E-state index contributed by atoms with van der Waals surface area (Å²) in [5, 5.41) is 9.44. The quantitative estimate of drug-likeness (QED) is 0.628. The minimum atomic E-state index is 0.349. The number of aliphatic hydroxyl groups is 1. The molecule has 0 aliphatic rings. The van der Waals surface area contributed by atoms with Gasteiger partial charge in [0.15, 0.2) is 0 Å². The molecule has 64 valence electrons. The highest BCUT2D eigenvalue weighted by atomic mass is 16.3. The molecule has 0 atom stereocenters. The second kappa shape index (κ2) is 3.44. The molecular weight excluding hydrogens is 148 g/mol. The molecule has 0 fully saturated rings. The van der Waals surface area contributed by atoms with Crippen LogP contribution in [-0.2, 0) is 0 Å². The Morgan fingerprint density at radius 2 is 1.67 bits per heavy atom. The van der Waals surface area contributed by atoms with Crippen molar-refractivity contribution in [1.82, 2.24) is 0 Å². The number of allylic oxidation sites excluding steroid dienone is 1. The maximum Gasteiger partial charge on any atom is 0.118 e. The van der Waals surface area contributed by atoms with E-state index >= 15 is 0 Å². The monoisotopic (exact) mass is 162 g/mol. The molecule has 0 heterocycles. The van der Waals surface area contributed by atoms with Crippen molar-refractivity contribution in [2.45, 2.75) is 20.8 Å². The van der Waals surface area contributed by atoms with Crippen molar-refractivity contribution in [2.24, 2.45) is 0 Å². The molecule has 1 aromatic carbocycles. The first-order valence-corrected chi connectivity index (χ1v) is 4.07. The highest BCUT2D eigenvalue weighted by Gasteiger charge is 1.98. The van der Waals surface area contributed by atoms with Crippen molar-refractivity contribution in [3.05, 3.63) is 41.0 Å². The SMILES string of the molecule is CC=C(O)c1cc(C)cc(C)c1. The van der Waals surface area contributed by atoms with E-state index in [1.807, 2.05) is 32.9 Å². The van der Waals surface area contributed by atoms with Crippen molar-refractivity contribution in [2.75, 3.05) is 0 Å². The maximum atomic E-state index is 9.44. The van der Waals surface area contributed by atoms with Crippen LogP contribution in [0.1, 0.15) is 23.6 Å². The normalized spacial score (nSPS) is 11.8. The molecule has 1 nitrogen and oxygen atoms in total. The Kier molecular flexibility index (Phi) is 2.54. The predicted octanol–water partition coefficient (Wildman–Crippen LogP) is 3.22. The third-order valence-corrected chi connectivity index (χ3v) is 1.79. The lowest BCUT2D eigenvalue weighted by Crippen LogP contribution is -1.85. The summed E-state index contributed by atoms with van der Waals surface area (Å²) in [7, 11) is 0. The fourth-order valence-corrected chi connectivity index (χ4v) is 1.29. The van der Waals surface area contributed by atoms with Gasteiger partial charge in [-0.2, -0.15) is 0 Å². The van der Waals surface area contributed by atoms with Crippen LogP contribution in [0.25, 0.3) is 5.76 Å². The molecule has 0 bridgehead atoms. The van der Waals surface area contributed by atoms with Gasteiger partial charge in [0.05, 0.1) is 0 Å². The van der Waals surface area contributed by atoms with Gasteiger partial charge in [0, 0.05) is 5.56 Å². The molecular formula is C11H14O. The standard InChI is InChI=1S/C11H14O/c1-4-11(12)10-6-8(2)5-9(3)7-10/h4-7,12H,1-3H3. The van der Waals surface area contributed by atoms with Crippen LogP contribution in [0, 0.1) is 13.8 Å². The van der Waals surface area contributed by atoms with E-state index in [9.17, 15) is 5.11 Å². The molecule has 0 aromatic heterocycles. The van der Waals surface area contributed by atoms with Gasteiger partial charge in [0.25, 0.3) is 0 Å². The van der Waals surface area contributed by atoms with Crippen LogP contribution in [0.4, 0.5) is 0 Å². The molecule has 0 amide bonds. The minimum absolute atomic E-state index is 0.349. The summed E-state index contributed by atoms with van der Waals surface area (Å²) in [6, 6.07) is 6.04. The zero-order chi connectivity index (χ0) is 9.14. The smallest absolute Gasteiger partial charge is 0.118 e. The van der Waals surface area contributed by atoms with E-state index in [1.165, 1.54) is 11.1 Å². The first kappa shape index (κ1) is 8.85. The highest BCUT2D eigenvalue weighted by Crippen LogP contribution is 2.15. The number of benzene rings is 1. The topological polar surface area (TPSA) is 20.2 Å². The summed E-state index contributed by atoms with van der Waals surface area (Å²) in [4.78, 5) is 0. The van der Waals surface area contributed by atoms with Gasteiger partial charge in [-0.1, -0.05) is 17.2 Å². The third-order valence-electron chi connectivity index (χ3n) is 1.79. The molecule has 0 aliphatic carbocycles. The lowest BCUT2D eigenvalue weighted by Gasteiger charge is -2.02. The van der Waals surface area contributed by atoms with Gasteiger partial charge in [0.1, 0.15) is 5.76 Å². The van der Waals surface area contributed by atoms with Gasteiger partial charge >= 0.3 is 0 Å². The number of hydrogen-bond acceptors (Lipinski definition) is 1. The molecule has 1 heteroatoms. The second-order valence-corrected chi connectivity index (χ2v) is 3.05. The number of rotatable bonds is 1. The van der Waals surface area contributed by atoms with E-state index in [1.54, 1.807) is 6.08 Å². The van der Waals surface area contributed by atoms with Crippen molar-refractivity contribution in [3.63, 3.8) is 0 Å². The second-order valence-electron chi connectivity index (χ2n) is 3.05. The molecule has 0 radical (unpaired) electrons. The Morgan fingerprint density at radius 3 is 2.08 bits per heavy atom. The van der Waals surface area contributed by atoms with Crippen LogP contribution < -0.4 is 0 Å². The summed E-state index contributed by atoms with van der Waals surface area (Å²) in [5.74, 6) is 0.349. The molecule has 0 saturated heterocycles. The van der Waals surface area contributed by atoms with Crippen LogP contribution in [0.15, 0.2) is 24.3 Å². The van der Waals surface area contributed by atoms with Crippen molar-refractivity contribution < 1.29 is 5.11 Å². The summed E-state index contributed by atoms with van der Waals surface area (Å²) in [5.41, 5.74) is 3.26. The van der Waals surface area contributed by atoms with Crippen LogP contribution in [0.3, 0.4) is 0 Å². The fourth-order valence-electron chi connectivity index (χ4n) is 1.29. The summed E-state index contributed by atoms with van der Waals surface area (Å²) < 4.78 is 0. The molecule has 0 saturated carbocycles. The van der Waals surface area contributed by atoms with Gasteiger partial charge in [-0.15, -0.1) is 0 Å². The van der Waals surface area contributed by atoms with Crippen LogP contribution in [0.5, 0.6) is 0 Å². The Balaban J connectivity index is 3.17. The molecule has 1 rings (SSSR count). The predicted molar refractivity (Wildman–Crippen MR) is 52.2 cm³/mol. The number of aryl methyl sites for hydroxylation is 2. The average Bonchev–Trinajstić information content (AvgIpc) is 2.01. The van der Waals surface area contributed by atoms with Crippen molar-refractivity contribution >= 4 is 5.76 Å². The maximum absolute atomic E-state index is 9.44. The van der Waals surface area contributed by atoms with E-state index in [-0.39, 0.29) is 0 Å². The van der Waals surface area contributed by atoms with E-state index in [4.69, 9.17) is 0 Å². The van der Waals surface area contributed by atoms with Crippen molar-refractivity contribution in [3.8, 4) is 0 Å². The highest BCUT2D eigenvalue weighted by molar-refractivity contribution is 5.59. The summed E-state index contributed by atoms with van der Waals surface area (Å²) in [6.07, 6.45) is 1.70. The third kappa shape index (κ3) is 1.88. The van der Waals surface area contributed by atoms with Crippen molar-refractivity contribution in [1.29, 1.82) is 0 Å². The number of hydrogen-bond donors (Lipinski definition) is 1. The first-order chi connectivity index (χ1) is 5.63. The van der Waals surface area contributed by atoms with Crippen LogP contribution in [0.2, 0.25) is 0 Å². The molecule has 1 aromatic rings. The molecule has 1 N–H and O–H groups in total. The molecule has 0 unspecified atom stereocenters. The van der Waals surface area contributed by atoms with Gasteiger partial charge in [-0.05, 0) is 39.0 Å². The van der Waals surface area contributed by atoms with E-state index < -0.39 is 0 Å². The Hall–Kier alpha value is -1.24. The van der Waals surface area contributed by atoms with E-state index in [0.29, 0.717) is 5.76 Å². The Labute approximate surface area is 73.4 Å². The van der Waals surface area contributed by atoms with Crippen LogP contribution >= 0.6 is 0 Å². The molecule has 0 spiro atoms. The lowest BCUT2D eigenvalue weighted by atomic mass is 10.1. The zero-order valence-corrected chi connectivity index (χ0v) is 7.76. The molecule has 0 aliphatic heterocycles. The Bertz CT molecular complexity index is 291. The van der Waals surface area contributed by atoms with Gasteiger partial charge in [0.2, 0.25) is 0 Å². The van der Waals surface area contributed by atoms with Crippen LogP contribution in [-0.4, -0.2) is 5.11 Å². The van der Waals surface area contributed by atoms with E-state index in [0.717, 1.165) is 5.56 Å². The fraction of sp³-hybridized carbons (Fsp3) is 0.273. The van der Waals surface area contributed by atoms with Gasteiger partial charge in [-0.25, -0.2) is 0 Å². The molecule has 12 heavy (non-hydrogen) atoms. The largest absolute Gasteiger partial charge is 0.508 e. The first-order valence-electron chi connectivity index (χ1n) is 4.07. The Morgan fingerprint density at radius 1 is 1.17 bits per heavy atom. The minimum Gasteiger partial charge on any atom is -0.508 e. The van der Waals surface area contributed by atoms with Gasteiger partial charge in [-0.3, -0.25) is 0 Å². The zero-order valence-electron chi connectivity index (χ0n) is 7.76.